The van der Waals surface area contributed by atoms with E-state index in [1.807, 2.05) is 6.07 Å². The summed E-state index contributed by atoms with van der Waals surface area (Å²) in [7, 11) is 0. The monoisotopic (exact) mass is 513 g/mol. The lowest BCUT2D eigenvalue weighted by atomic mass is 10.0. The molecule has 0 bridgehead atoms. The molecule has 4 rings (SSSR count). The normalized spacial score (nSPS) is 12.5. The van der Waals surface area contributed by atoms with Crippen LogP contribution < -0.4 is 10.6 Å². The Morgan fingerprint density at radius 2 is 1.97 bits per heavy atom. The van der Waals surface area contributed by atoms with E-state index >= 15 is 0 Å². The number of aromatic nitrogens is 6. The second kappa shape index (κ2) is 10.2. The Hall–Kier alpha value is -4.51. The molecule has 192 valence electrons. The van der Waals surface area contributed by atoms with Crippen LogP contribution >= 0.6 is 0 Å². The zero-order valence-corrected chi connectivity index (χ0v) is 19.7. The van der Waals surface area contributed by atoms with E-state index in [9.17, 15) is 23.1 Å². The van der Waals surface area contributed by atoms with Crippen molar-refractivity contribution < 1.29 is 23.1 Å². The highest BCUT2D eigenvalue weighted by atomic mass is 19.3. The molecule has 1 atom stereocenters. The van der Waals surface area contributed by atoms with Gasteiger partial charge in [0.1, 0.15) is 36.4 Å². The van der Waals surface area contributed by atoms with Gasteiger partial charge in [-0.1, -0.05) is 0 Å². The number of nitrogens with one attached hydrogen (secondary N) is 2. The molecule has 14 heteroatoms. The number of pyridine rings is 2. The minimum Gasteiger partial charge on any atom is -0.387 e. The molecule has 0 aliphatic heterocycles. The number of imidazole rings is 1. The van der Waals surface area contributed by atoms with Crippen molar-refractivity contribution in [1.82, 2.24) is 34.6 Å². The van der Waals surface area contributed by atoms with Crippen molar-refractivity contribution in [1.29, 1.82) is 5.26 Å². The molecule has 0 saturated carbocycles. The Morgan fingerprint density at radius 1 is 1.19 bits per heavy atom. The lowest BCUT2D eigenvalue weighted by Crippen LogP contribution is -2.42. The number of nitrogens with zero attached hydrogens (tertiary/aromatic N) is 7. The minimum atomic E-state index is -2.60. The molecule has 37 heavy (non-hydrogen) atoms. The van der Waals surface area contributed by atoms with E-state index in [1.54, 1.807) is 6.07 Å². The largest absolute Gasteiger partial charge is 0.387 e. The average molecular weight is 513 g/mol. The number of amides is 1. The summed E-state index contributed by atoms with van der Waals surface area (Å²) in [5, 5.41) is 28.1. The van der Waals surface area contributed by atoms with Crippen molar-refractivity contribution in [2.24, 2.45) is 0 Å². The molecule has 4 aromatic rings. The zero-order chi connectivity index (χ0) is 26.7. The molecule has 0 spiro atoms. The van der Waals surface area contributed by atoms with E-state index in [0.29, 0.717) is 28.2 Å². The summed E-state index contributed by atoms with van der Waals surface area (Å²) in [4.78, 5) is 25.7. The Labute approximate surface area is 208 Å². The molecule has 4 aromatic heterocycles. The first-order chi connectivity index (χ1) is 17.5. The van der Waals surface area contributed by atoms with Crippen LogP contribution in [0.4, 0.5) is 24.5 Å². The lowest BCUT2D eigenvalue weighted by molar-refractivity contribution is -0.00177. The summed E-state index contributed by atoms with van der Waals surface area (Å²) >= 11 is 0. The molecule has 0 aromatic carbocycles. The molecule has 4 heterocycles. The van der Waals surface area contributed by atoms with E-state index in [1.165, 1.54) is 55.6 Å². The molecule has 0 saturated heterocycles. The predicted octanol–water partition coefficient (Wildman–Crippen LogP) is 2.73. The van der Waals surface area contributed by atoms with Crippen molar-refractivity contribution >= 4 is 28.4 Å². The van der Waals surface area contributed by atoms with Crippen LogP contribution in [-0.2, 0) is 6.54 Å². The van der Waals surface area contributed by atoms with Crippen molar-refractivity contribution in [2.45, 2.75) is 38.6 Å². The maximum Gasteiger partial charge on any atom is 0.257 e. The summed E-state index contributed by atoms with van der Waals surface area (Å²) < 4.78 is 42.2. The van der Waals surface area contributed by atoms with E-state index in [0.717, 1.165) is 4.68 Å². The first kappa shape index (κ1) is 25.6. The number of anilines is 2. The van der Waals surface area contributed by atoms with Crippen LogP contribution in [0, 0.1) is 11.3 Å². The maximum absolute atomic E-state index is 14.2. The lowest BCUT2D eigenvalue weighted by Gasteiger charge is -2.22. The van der Waals surface area contributed by atoms with E-state index in [-0.39, 0.29) is 11.3 Å². The van der Waals surface area contributed by atoms with Gasteiger partial charge < -0.3 is 15.7 Å². The molecule has 1 amide bonds. The van der Waals surface area contributed by atoms with E-state index in [2.05, 4.69) is 30.7 Å². The van der Waals surface area contributed by atoms with E-state index < -0.39 is 37.2 Å². The SMILES string of the molecule is CC(C)(O)C(F)CNC(=O)c1cnc(-n2cnc3cc(C#N)cnc32)cc1Nc1cnn(CC(F)F)c1. The zero-order valence-electron chi connectivity index (χ0n) is 19.7. The Kier molecular flexibility index (Phi) is 7.07. The molecule has 0 radical (unpaired) electrons. The third kappa shape index (κ3) is 5.84. The summed E-state index contributed by atoms with van der Waals surface area (Å²) in [5.41, 5.74) is 0.0927. The second-order valence-corrected chi connectivity index (χ2v) is 8.68. The smallest absolute Gasteiger partial charge is 0.257 e. The molecule has 1 unspecified atom stereocenters. The highest BCUT2D eigenvalue weighted by Gasteiger charge is 2.27. The quantitative estimate of drug-likeness (QED) is 0.310. The average Bonchev–Trinajstić information content (AvgIpc) is 3.47. The van der Waals surface area contributed by atoms with Gasteiger partial charge in [-0.25, -0.2) is 28.1 Å². The number of hydrogen-bond acceptors (Lipinski definition) is 8. The topological polar surface area (TPSA) is 147 Å². The molecule has 11 nitrogen and oxygen atoms in total. The summed E-state index contributed by atoms with van der Waals surface area (Å²) in [5.74, 6) is -0.376. The fraction of sp³-hybridized carbons (Fsp3) is 0.304. The van der Waals surface area contributed by atoms with Crippen LogP contribution in [0.2, 0.25) is 0 Å². The van der Waals surface area contributed by atoms with Crippen LogP contribution in [0.15, 0.2) is 43.2 Å². The summed E-state index contributed by atoms with van der Waals surface area (Å²) in [6.45, 7) is 1.51. The van der Waals surface area contributed by atoms with Crippen LogP contribution in [0.25, 0.3) is 17.0 Å². The fourth-order valence-electron chi connectivity index (χ4n) is 3.34. The molecule has 0 fully saturated rings. The molecular formula is C23H22F3N9O2. The molecule has 0 aliphatic rings. The fourth-order valence-corrected chi connectivity index (χ4v) is 3.34. The van der Waals surface area contributed by atoms with E-state index in [4.69, 9.17) is 5.26 Å². The highest BCUT2D eigenvalue weighted by molar-refractivity contribution is 6.00. The van der Waals surface area contributed by atoms with Crippen LogP contribution in [-0.4, -0.2) is 65.1 Å². The van der Waals surface area contributed by atoms with Gasteiger partial charge in [0.25, 0.3) is 12.3 Å². The van der Waals surface area contributed by atoms with Gasteiger partial charge in [-0.2, -0.15) is 10.4 Å². The number of aliphatic hydroxyl groups is 1. The number of carbonyl (C=O) groups excluding carboxylic acids is 1. The number of fused-ring (bicyclic) bond motifs is 1. The van der Waals surface area contributed by atoms with Gasteiger partial charge in [0.15, 0.2) is 5.65 Å². The number of nitriles is 1. The Balaban J connectivity index is 1.69. The van der Waals surface area contributed by atoms with Gasteiger partial charge in [0.2, 0.25) is 0 Å². The Morgan fingerprint density at radius 3 is 2.68 bits per heavy atom. The number of alkyl halides is 3. The van der Waals surface area contributed by atoms with Gasteiger partial charge in [-0.3, -0.25) is 14.0 Å². The van der Waals surface area contributed by atoms with Gasteiger partial charge >= 0.3 is 0 Å². The minimum absolute atomic E-state index is 0.0254. The third-order valence-corrected chi connectivity index (χ3v) is 5.34. The van der Waals surface area contributed by atoms with Crippen LogP contribution in [0.1, 0.15) is 29.8 Å². The van der Waals surface area contributed by atoms with Gasteiger partial charge in [0, 0.05) is 24.7 Å². The van der Waals surface area contributed by atoms with Gasteiger partial charge in [-0.05, 0) is 19.9 Å². The Bertz CT molecular complexity index is 1470. The van der Waals surface area contributed by atoms with Gasteiger partial charge in [0.05, 0.1) is 40.8 Å². The van der Waals surface area contributed by atoms with Crippen molar-refractivity contribution in [3.05, 3.63) is 54.4 Å². The molecular weight excluding hydrogens is 491 g/mol. The number of carbonyl (C=O) groups is 1. The van der Waals surface area contributed by atoms with Gasteiger partial charge in [-0.15, -0.1) is 0 Å². The first-order valence-corrected chi connectivity index (χ1v) is 11.0. The van der Waals surface area contributed by atoms with Crippen LogP contribution in [0.3, 0.4) is 0 Å². The van der Waals surface area contributed by atoms with Crippen molar-refractivity contribution in [3.8, 4) is 11.9 Å². The first-order valence-electron chi connectivity index (χ1n) is 11.0. The van der Waals surface area contributed by atoms with Crippen LogP contribution in [0.5, 0.6) is 0 Å². The van der Waals surface area contributed by atoms with Crippen molar-refractivity contribution in [3.63, 3.8) is 0 Å². The standard InChI is InChI=1S/C23H22F3N9O2/c1-23(2,37)18(24)9-30-22(36)15-8-28-20(35-12-31-17-3-13(5-27)6-29-21(17)35)4-16(15)33-14-7-32-34(10-14)11-19(25)26/h3-4,6-8,10,12,18-19,37H,9,11H2,1-2H3,(H,28,33)(H,30,36). The predicted molar refractivity (Wildman–Crippen MR) is 126 cm³/mol. The maximum atomic E-state index is 14.2. The summed E-state index contributed by atoms with van der Waals surface area (Å²) in [6.07, 6.45) is 2.41. The molecule has 0 aliphatic carbocycles. The third-order valence-electron chi connectivity index (χ3n) is 5.34. The summed E-state index contributed by atoms with van der Waals surface area (Å²) in [6, 6.07) is 5.05. The number of rotatable bonds is 9. The second-order valence-electron chi connectivity index (χ2n) is 8.68. The number of hydrogen-bond donors (Lipinski definition) is 3. The number of halogens is 3. The molecule has 3 N–H and O–H groups in total. The van der Waals surface area contributed by atoms with Crippen molar-refractivity contribution in [2.75, 3.05) is 11.9 Å². The highest BCUT2D eigenvalue weighted by Crippen LogP contribution is 2.25.